The van der Waals surface area contributed by atoms with Crippen LogP contribution in [0.1, 0.15) is 23.6 Å². The molecular formula is C54H39N. The molecule has 0 amide bonds. The number of anilines is 3. The molecule has 1 heteroatoms. The summed E-state index contributed by atoms with van der Waals surface area (Å²) in [5.74, 6) is 0. The second-order valence-corrected chi connectivity index (χ2v) is 14.6. The Morgan fingerprint density at radius 1 is 0.345 bits per heavy atom. The van der Waals surface area contributed by atoms with Crippen molar-refractivity contribution in [2.24, 2.45) is 0 Å². The molecular weight excluding hydrogens is 663 g/mol. The second-order valence-electron chi connectivity index (χ2n) is 14.6. The molecule has 0 bridgehead atoms. The molecule has 10 rings (SSSR count). The van der Waals surface area contributed by atoms with Gasteiger partial charge in [-0.2, -0.15) is 0 Å². The minimum atomic E-state index is -0.283. The molecule has 0 saturated carbocycles. The first-order chi connectivity index (χ1) is 27.2. The van der Waals surface area contributed by atoms with Gasteiger partial charge >= 0.3 is 0 Å². The highest BCUT2D eigenvalue weighted by Gasteiger charge is 2.40. The summed E-state index contributed by atoms with van der Waals surface area (Å²) in [4.78, 5) is 2.45. The molecule has 55 heavy (non-hydrogen) atoms. The molecule has 9 aromatic rings. The highest BCUT2D eigenvalue weighted by molar-refractivity contribution is 6.09. The van der Waals surface area contributed by atoms with Crippen molar-refractivity contribution in [2.75, 3.05) is 4.90 Å². The molecule has 1 nitrogen and oxygen atoms in total. The van der Waals surface area contributed by atoms with Gasteiger partial charge in [-0.15, -0.1) is 0 Å². The van der Waals surface area contributed by atoms with Crippen molar-refractivity contribution in [3.63, 3.8) is 0 Å². The molecule has 0 saturated heterocycles. The van der Waals surface area contributed by atoms with Crippen LogP contribution in [-0.2, 0) is 5.41 Å². The zero-order valence-electron chi connectivity index (χ0n) is 30.7. The summed E-state index contributed by atoms with van der Waals surface area (Å²) in [6, 6.07) is 79.7. The molecule has 0 spiro atoms. The number of nitrogens with zero attached hydrogens (tertiary/aromatic N) is 1. The maximum Gasteiger partial charge on any atom is 0.0540 e. The molecule has 260 valence electrons. The average molecular weight is 702 g/mol. The van der Waals surface area contributed by atoms with E-state index in [0.717, 1.165) is 17.1 Å². The van der Waals surface area contributed by atoms with Gasteiger partial charge in [0.15, 0.2) is 0 Å². The molecule has 1 aliphatic rings. The van der Waals surface area contributed by atoms with Gasteiger partial charge < -0.3 is 4.90 Å². The van der Waals surface area contributed by atoms with Gasteiger partial charge in [-0.3, -0.25) is 0 Å². The van der Waals surface area contributed by atoms with E-state index in [1.165, 1.54) is 72.0 Å². The summed E-state index contributed by atoms with van der Waals surface area (Å²) in [6.07, 6.45) is 0. The van der Waals surface area contributed by atoms with Crippen LogP contribution in [0, 0.1) is 0 Å². The topological polar surface area (TPSA) is 3.24 Å². The highest BCUT2D eigenvalue weighted by Crippen LogP contribution is 2.54. The second kappa shape index (κ2) is 13.5. The largest absolute Gasteiger partial charge is 0.309 e. The molecule has 0 radical (unpaired) electrons. The van der Waals surface area contributed by atoms with Crippen molar-refractivity contribution in [3.8, 4) is 44.5 Å². The normalized spacial score (nSPS) is 14.3. The Bertz CT molecular complexity index is 2820. The van der Waals surface area contributed by atoms with Gasteiger partial charge in [-0.25, -0.2) is 0 Å². The predicted octanol–water partition coefficient (Wildman–Crippen LogP) is 14.6. The van der Waals surface area contributed by atoms with E-state index in [9.17, 15) is 0 Å². The molecule has 9 aromatic carbocycles. The minimum absolute atomic E-state index is 0.283. The van der Waals surface area contributed by atoms with E-state index >= 15 is 0 Å². The van der Waals surface area contributed by atoms with Crippen molar-refractivity contribution in [2.45, 2.75) is 12.3 Å². The van der Waals surface area contributed by atoms with Crippen molar-refractivity contribution in [3.05, 3.63) is 235 Å². The molecule has 0 aliphatic heterocycles. The summed E-state index contributed by atoms with van der Waals surface area (Å²) in [5.41, 5.74) is 16.9. The lowest BCUT2D eigenvalue weighted by Crippen LogP contribution is -2.22. The first kappa shape index (κ1) is 32.7. The van der Waals surface area contributed by atoms with Crippen LogP contribution in [0.4, 0.5) is 17.1 Å². The zero-order chi connectivity index (χ0) is 36.8. The maximum atomic E-state index is 2.45. The fourth-order valence-electron chi connectivity index (χ4n) is 8.96. The van der Waals surface area contributed by atoms with Crippen LogP contribution in [0.15, 0.2) is 218 Å². The number of hydrogen-bond acceptors (Lipinski definition) is 1. The van der Waals surface area contributed by atoms with Gasteiger partial charge in [0.25, 0.3) is 0 Å². The van der Waals surface area contributed by atoms with Gasteiger partial charge in [0.2, 0.25) is 0 Å². The lowest BCUT2D eigenvalue weighted by molar-refractivity contribution is 0.714. The first-order valence-electron chi connectivity index (χ1n) is 19.1. The third-order valence-corrected chi connectivity index (χ3v) is 11.6. The minimum Gasteiger partial charge on any atom is -0.309 e. The number of benzene rings is 9. The maximum absolute atomic E-state index is 2.45. The van der Waals surface area contributed by atoms with Crippen LogP contribution < -0.4 is 4.90 Å². The van der Waals surface area contributed by atoms with Crippen LogP contribution >= 0.6 is 0 Å². The van der Waals surface area contributed by atoms with Gasteiger partial charge in [0.05, 0.1) is 11.4 Å². The smallest absolute Gasteiger partial charge is 0.0540 e. The summed E-state index contributed by atoms with van der Waals surface area (Å²) < 4.78 is 0. The Morgan fingerprint density at radius 2 is 0.873 bits per heavy atom. The SMILES string of the molecule is CC1(c2ccccc2)c2ccccc2-c2ccc(-c3ccccc3N(c3ccccc3)c3ccccc3-c3cccc4cccc(-c5ccccc5)c34)cc21. The van der Waals surface area contributed by atoms with Gasteiger partial charge in [0.1, 0.15) is 0 Å². The lowest BCUT2D eigenvalue weighted by Gasteiger charge is -2.31. The monoisotopic (exact) mass is 701 g/mol. The van der Waals surface area contributed by atoms with E-state index in [-0.39, 0.29) is 5.41 Å². The molecule has 0 N–H and O–H groups in total. The average Bonchev–Trinajstić information content (AvgIpc) is 3.52. The van der Waals surface area contributed by atoms with E-state index in [0.29, 0.717) is 0 Å². The molecule has 1 aliphatic carbocycles. The van der Waals surface area contributed by atoms with Gasteiger partial charge in [-0.05, 0) is 98.1 Å². The Labute approximate surface area is 323 Å². The van der Waals surface area contributed by atoms with E-state index in [1.54, 1.807) is 0 Å². The molecule has 0 heterocycles. The van der Waals surface area contributed by atoms with Crippen molar-refractivity contribution < 1.29 is 0 Å². The number of rotatable bonds is 7. The number of fused-ring (bicyclic) bond motifs is 4. The van der Waals surface area contributed by atoms with Gasteiger partial charge in [0, 0.05) is 22.2 Å². The quantitative estimate of drug-likeness (QED) is 0.160. The van der Waals surface area contributed by atoms with Gasteiger partial charge in [-0.1, -0.05) is 188 Å². The van der Waals surface area contributed by atoms with E-state index in [1.807, 2.05) is 0 Å². The number of para-hydroxylation sites is 3. The first-order valence-corrected chi connectivity index (χ1v) is 19.1. The van der Waals surface area contributed by atoms with E-state index in [4.69, 9.17) is 0 Å². The predicted molar refractivity (Wildman–Crippen MR) is 232 cm³/mol. The molecule has 0 fully saturated rings. The van der Waals surface area contributed by atoms with Crippen LogP contribution in [0.25, 0.3) is 55.3 Å². The third-order valence-electron chi connectivity index (χ3n) is 11.6. The van der Waals surface area contributed by atoms with Crippen LogP contribution in [0.2, 0.25) is 0 Å². The van der Waals surface area contributed by atoms with Crippen LogP contribution in [0.5, 0.6) is 0 Å². The number of hydrogen-bond donors (Lipinski definition) is 0. The molecule has 1 atom stereocenters. The fraction of sp³-hybridized carbons (Fsp3) is 0.0370. The third kappa shape index (κ3) is 5.39. The van der Waals surface area contributed by atoms with E-state index < -0.39 is 0 Å². The summed E-state index contributed by atoms with van der Waals surface area (Å²) >= 11 is 0. The van der Waals surface area contributed by atoms with E-state index in [2.05, 4.69) is 230 Å². The van der Waals surface area contributed by atoms with Crippen LogP contribution in [0.3, 0.4) is 0 Å². The Morgan fingerprint density at radius 3 is 1.60 bits per heavy atom. The summed E-state index contributed by atoms with van der Waals surface area (Å²) in [6.45, 7) is 2.39. The Hall–Kier alpha value is -6.96. The van der Waals surface area contributed by atoms with Crippen molar-refractivity contribution in [1.29, 1.82) is 0 Å². The van der Waals surface area contributed by atoms with Crippen molar-refractivity contribution in [1.82, 2.24) is 0 Å². The zero-order valence-corrected chi connectivity index (χ0v) is 30.7. The molecule has 1 unspecified atom stereocenters. The standard InChI is InChI=1S/C54H39N/c1-54(41-23-7-3-8-24-41)49-32-14-11-28-45(49)46-36-35-40(37-50(46)54)43-27-12-15-33-51(43)55(42-25-9-4-10-26-42)52-34-16-13-29-47(52)48-31-18-22-39-21-17-30-44(53(39)48)38-19-5-2-6-20-38/h2-37H,1H3. The highest BCUT2D eigenvalue weighted by atomic mass is 15.1. The lowest BCUT2D eigenvalue weighted by atomic mass is 9.74. The van der Waals surface area contributed by atoms with Crippen molar-refractivity contribution >= 4 is 27.8 Å². The van der Waals surface area contributed by atoms with Crippen LogP contribution in [-0.4, -0.2) is 0 Å². The summed E-state index contributed by atoms with van der Waals surface area (Å²) in [7, 11) is 0. The molecule has 0 aromatic heterocycles. The summed E-state index contributed by atoms with van der Waals surface area (Å²) in [5, 5.41) is 2.48. The Kier molecular flexibility index (Phi) is 8.00. The fourth-order valence-corrected chi connectivity index (χ4v) is 8.96. The Balaban J connectivity index is 1.19.